The van der Waals surface area contributed by atoms with Crippen LogP contribution in [0.4, 0.5) is 0 Å². The van der Waals surface area contributed by atoms with Gasteiger partial charge >= 0.3 is 5.97 Å². The number of hydrogen-bond acceptors (Lipinski definition) is 3. The minimum absolute atomic E-state index is 0. The van der Waals surface area contributed by atoms with Gasteiger partial charge in [-0.3, -0.25) is 0 Å². The highest BCUT2D eigenvalue weighted by molar-refractivity contribution is 5.88. The SMILES string of the molecule is Cc1cc(-c2cnc(-c3ccc(C(=O)O)cc3)[nH]2)ccc1OCc1ccccc1.Cl. The van der Waals surface area contributed by atoms with Crippen molar-refractivity contribution in [2.75, 3.05) is 0 Å². The third-order valence-electron chi connectivity index (χ3n) is 4.70. The maximum absolute atomic E-state index is 11.0. The molecule has 0 aliphatic heterocycles. The number of aromatic carboxylic acids is 1. The predicted octanol–water partition coefficient (Wildman–Crippen LogP) is 5.75. The van der Waals surface area contributed by atoms with Crippen molar-refractivity contribution in [2.24, 2.45) is 0 Å². The van der Waals surface area contributed by atoms with E-state index in [9.17, 15) is 4.79 Å². The lowest BCUT2D eigenvalue weighted by Gasteiger charge is -2.10. The largest absolute Gasteiger partial charge is 0.489 e. The summed E-state index contributed by atoms with van der Waals surface area (Å²) in [4.78, 5) is 18.7. The number of carboxylic acids is 1. The molecule has 0 fully saturated rings. The number of imidazole rings is 1. The Bertz CT molecular complexity index is 1140. The van der Waals surface area contributed by atoms with Gasteiger partial charge in [0.15, 0.2) is 0 Å². The normalized spacial score (nSPS) is 10.3. The van der Waals surface area contributed by atoms with E-state index >= 15 is 0 Å². The van der Waals surface area contributed by atoms with E-state index in [0.29, 0.717) is 12.4 Å². The fourth-order valence-electron chi connectivity index (χ4n) is 3.10. The van der Waals surface area contributed by atoms with Gasteiger partial charge in [-0.15, -0.1) is 12.4 Å². The molecule has 0 bridgehead atoms. The van der Waals surface area contributed by atoms with Gasteiger partial charge < -0.3 is 14.8 Å². The lowest BCUT2D eigenvalue weighted by atomic mass is 10.1. The van der Waals surface area contributed by atoms with Crippen LogP contribution in [0.25, 0.3) is 22.6 Å². The molecule has 2 N–H and O–H groups in total. The lowest BCUT2D eigenvalue weighted by Crippen LogP contribution is -1.97. The molecule has 5 nitrogen and oxygen atoms in total. The van der Waals surface area contributed by atoms with Crippen molar-refractivity contribution >= 4 is 18.4 Å². The molecule has 0 unspecified atom stereocenters. The van der Waals surface area contributed by atoms with Crippen LogP contribution in [0, 0.1) is 6.92 Å². The molecule has 4 aromatic rings. The van der Waals surface area contributed by atoms with Crippen LogP contribution in [0.1, 0.15) is 21.5 Å². The Morgan fingerprint density at radius 3 is 2.37 bits per heavy atom. The second-order valence-electron chi connectivity index (χ2n) is 6.78. The topological polar surface area (TPSA) is 75.2 Å². The second-order valence-corrected chi connectivity index (χ2v) is 6.78. The molecule has 0 spiro atoms. The number of aryl methyl sites for hydroxylation is 1. The molecule has 0 atom stereocenters. The van der Waals surface area contributed by atoms with Gasteiger partial charge in [0.05, 0.1) is 17.5 Å². The first-order valence-electron chi connectivity index (χ1n) is 9.26. The van der Waals surface area contributed by atoms with Crippen molar-refractivity contribution in [1.82, 2.24) is 9.97 Å². The molecule has 0 saturated carbocycles. The van der Waals surface area contributed by atoms with Gasteiger partial charge in [0.2, 0.25) is 0 Å². The first kappa shape index (κ1) is 21.1. The number of benzene rings is 3. The summed E-state index contributed by atoms with van der Waals surface area (Å²) in [5.41, 5.74) is 5.15. The highest BCUT2D eigenvalue weighted by Crippen LogP contribution is 2.27. The van der Waals surface area contributed by atoms with E-state index in [1.165, 1.54) is 0 Å². The Balaban J connectivity index is 0.00000256. The molecule has 6 heteroatoms. The van der Waals surface area contributed by atoms with Gasteiger partial charge in [0.1, 0.15) is 18.2 Å². The van der Waals surface area contributed by atoms with Crippen molar-refractivity contribution < 1.29 is 14.6 Å². The molecule has 0 aliphatic rings. The standard InChI is InChI=1S/C24H20N2O3.ClH/c1-16-13-20(11-12-22(16)29-15-17-5-3-2-4-6-17)21-14-25-23(26-21)18-7-9-19(10-8-18)24(27)28;/h2-14H,15H2,1H3,(H,25,26)(H,27,28);1H. The summed E-state index contributed by atoms with van der Waals surface area (Å²) in [7, 11) is 0. The molecule has 0 radical (unpaired) electrons. The van der Waals surface area contributed by atoms with Crippen LogP contribution in [-0.2, 0) is 6.61 Å². The van der Waals surface area contributed by atoms with Crippen LogP contribution in [0.2, 0.25) is 0 Å². The maximum Gasteiger partial charge on any atom is 0.335 e. The predicted molar refractivity (Wildman–Crippen MR) is 119 cm³/mol. The summed E-state index contributed by atoms with van der Waals surface area (Å²) in [5, 5.41) is 9.02. The van der Waals surface area contributed by atoms with Crippen molar-refractivity contribution in [3.63, 3.8) is 0 Å². The molecule has 0 aliphatic carbocycles. The summed E-state index contributed by atoms with van der Waals surface area (Å²) >= 11 is 0. The lowest BCUT2D eigenvalue weighted by molar-refractivity contribution is 0.0697. The zero-order valence-electron chi connectivity index (χ0n) is 16.3. The number of nitrogens with zero attached hydrogens (tertiary/aromatic N) is 1. The van der Waals surface area contributed by atoms with Gasteiger partial charge in [-0.25, -0.2) is 9.78 Å². The van der Waals surface area contributed by atoms with Crippen molar-refractivity contribution in [3.8, 4) is 28.4 Å². The average molecular weight is 421 g/mol. The fourth-order valence-corrected chi connectivity index (χ4v) is 3.10. The van der Waals surface area contributed by atoms with E-state index in [2.05, 4.69) is 16.0 Å². The molecule has 0 amide bonds. The van der Waals surface area contributed by atoms with Gasteiger partial charge in [-0.2, -0.15) is 0 Å². The van der Waals surface area contributed by atoms with E-state index in [0.717, 1.165) is 33.7 Å². The minimum atomic E-state index is -0.943. The first-order valence-corrected chi connectivity index (χ1v) is 9.26. The number of rotatable bonds is 6. The number of aromatic nitrogens is 2. The van der Waals surface area contributed by atoms with E-state index in [4.69, 9.17) is 9.84 Å². The van der Waals surface area contributed by atoms with Crippen molar-refractivity contribution in [3.05, 3.63) is 95.7 Å². The molecule has 30 heavy (non-hydrogen) atoms. The maximum atomic E-state index is 11.0. The zero-order valence-corrected chi connectivity index (χ0v) is 17.1. The number of halogens is 1. The smallest absolute Gasteiger partial charge is 0.335 e. The minimum Gasteiger partial charge on any atom is -0.489 e. The molecule has 4 rings (SSSR count). The van der Waals surface area contributed by atoms with E-state index in [1.54, 1.807) is 30.5 Å². The highest BCUT2D eigenvalue weighted by atomic mass is 35.5. The van der Waals surface area contributed by atoms with Gasteiger partial charge in [-0.05, 0) is 48.4 Å². The number of aromatic amines is 1. The molecule has 3 aromatic carbocycles. The van der Waals surface area contributed by atoms with E-state index in [1.807, 2.05) is 49.4 Å². The number of hydrogen-bond donors (Lipinski definition) is 2. The van der Waals surface area contributed by atoms with Crippen LogP contribution in [0.15, 0.2) is 79.0 Å². The van der Waals surface area contributed by atoms with Gasteiger partial charge in [0, 0.05) is 11.1 Å². The zero-order chi connectivity index (χ0) is 20.2. The van der Waals surface area contributed by atoms with Crippen LogP contribution in [-0.4, -0.2) is 21.0 Å². The highest BCUT2D eigenvalue weighted by Gasteiger charge is 2.09. The third kappa shape index (κ3) is 4.70. The summed E-state index contributed by atoms with van der Waals surface area (Å²) < 4.78 is 5.94. The Morgan fingerprint density at radius 2 is 1.70 bits per heavy atom. The summed E-state index contributed by atoms with van der Waals surface area (Å²) in [6, 6.07) is 22.7. The number of carboxylic acid groups (broad SMARTS) is 1. The molecule has 0 saturated heterocycles. The average Bonchev–Trinajstić information content (AvgIpc) is 3.24. The Morgan fingerprint density at radius 1 is 1.00 bits per heavy atom. The molecular formula is C24H21ClN2O3. The Kier molecular flexibility index (Phi) is 6.54. The molecular weight excluding hydrogens is 400 g/mol. The molecule has 152 valence electrons. The first-order chi connectivity index (χ1) is 14.1. The fraction of sp³-hybridized carbons (Fsp3) is 0.0833. The van der Waals surface area contributed by atoms with Crippen LogP contribution >= 0.6 is 12.4 Å². The van der Waals surface area contributed by atoms with Crippen molar-refractivity contribution in [2.45, 2.75) is 13.5 Å². The summed E-state index contributed by atoms with van der Waals surface area (Å²) in [6.07, 6.45) is 1.78. The monoisotopic (exact) mass is 420 g/mol. The van der Waals surface area contributed by atoms with Crippen LogP contribution in [0.3, 0.4) is 0 Å². The van der Waals surface area contributed by atoms with Gasteiger partial charge in [0.25, 0.3) is 0 Å². The van der Waals surface area contributed by atoms with Crippen LogP contribution < -0.4 is 4.74 Å². The van der Waals surface area contributed by atoms with Crippen LogP contribution in [0.5, 0.6) is 5.75 Å². The number of H-pyrrole nitrogens is 1. The molecule has 1 aromatic heterocycles. The Labute approximate surface area is 180 Å². The van der Waals surface area contributed by atoms with E-state index < -0.39 is 5.97 Å². The van der Waals surface area contributed by atoms with E-state index in [-0.39, 0.29) is 18.0 Å². The van der Waals surface area contributed by atoms with Crippen molar-refractivity contribution in [1.29, 1.82) is 0 Å². The third-order valence-corrected chi connectivity index (χ3v) is 4.70. The Hall–Kier alpha value is -3.57. The molecule has 1 heterocycles. The summed E-state index contributed by atoms with van der Waals surface area (Å²) in [5.74, 6) is 0.599. The second kappa shape index (κ2) is 9.29. The number of nitrogens with one attached hydrogen (secondary N) is 1. The number of carbonyl (C=O) groups is 1. The summed E-state index contributed by atoms with van der Waals surface area (Å²) in [6.45, 7) is 2.55. The van der Waals surface area contributed by atoms with Gasteiger partial charge in [-0.1, -0.05) is 42.5 Å². The number of ether oxygens (including phenoxy) is 1. The quantitative estimate of drug-likeness (QED) is 0.416.